The van der Waals surface area contributed by atoms with Crippen LogP contribution in [0.1, 0.15) is 43.2 Å². The number of carbonyl (C=O) groups excluding carboxylic acids is 2. The summed E-state index contributed by atoms with van der Waals surface area (Å²) in [7, 11) is 0. The van der Waals surface area contributed by atoms with E-state index in [-0.39, 0.29) is 23.9 Å². The summed E-state index contributed by atoms with van der Waals surface area (Å²) in [6.45, 7) is 2.52. The number of carbonyl (C=O) groups is 2. The number of rotatable bonds is 7. The topological polar surface area (TPSA) is 84.2 Å². The highest BCUT2D eigenvalue weighted by atomic mass is 16.2. The summed E-state index contributed by atoms with van der Waals surface area (Å²) in [6, 6.07) is 8.13. The Morgan fingerprint density at radius 1 is 1.13 bits per heavy atom. The van der Waals surface area contributed by atoms with E-state index in [2.05, 4.69) is 10.6 Å². The Hall–Kier alpha value is -1.88. The van der Waals surface area contributed by atoms with Crippen molar-refractivity contribution in [3.05, 3.63) is 35.4 Å². The van der Waals surface area contributed by atoms with E-state index in [9.17, 15) is 9.59 Å². The Balaban J connectivity index is 1.69. The summed E-state index contributed by atoms with van der Waals surface area (Å²) in [5.41, 5.74) is 7.87. The van der Waals surface area contributed by atoms with Crippen molar-refractivity contribution < 1.29 is 9.59 Å². The van der Waals surface area contributed by atoms with Crippen molar-refractivity contribution in [2.75, 3.05) is 13.1 Å². The molecule has 1 aliphatic carbocycles. The smallest absolute Gasteiger partial charge is 0.239 e. The normalized spacial score (nSPS) is 16.1. The molecule has 2 rings (SSSR count). The molecule has 0 aliphatic heterocycles. The molecule has 1 aromatic carbocycles. The number of amides is 2. The lowest BCUT2D eigenvalue weighted by Gasteiger charge is -2.28. The Kier molecular flexibility index (Phi) is 6.16. The van der Waals surface area contributed by atoms with Crippen LogP contribution in [-0.4, -0.2) is 30.4 Å². The minimum atomic E-state index is -0.260. The standard InChI is InChI=1S/C18H27N3O2/c1-14-4-6-15(7-5-14)8-9-16(22)20-12-17(23)21-18(13-19)10-2-3-11-18/h4-7H,2-3,8-13,19H2,1H3,(H,20,22)(H,21,23). The molecular weight excluding hydrogens is 290 g/mol. The average Bonchev–Trinajstić information content (AvgIpc) is 3.01. The van der Waals surface area contributed by atoms with Gasteiger partial charge in [-0.2, -0.15) is 0 Å². The number of nitrogens with one attached hydrogen (secondary N) is 2. The van der Waals surface area contributed by atoms with Crippen molar-refractivity contribution in [2.45, 2.75) is 51.0 Å². The van der Waals surface area contributed by atoms with E-state index in [1.54, 1.807) is 0 Å². The lowest BCUT2D eigenvalue weighted by molar-refractivity contribution is -0.127. The van der Waals surface area contributed by atoms with Crippen LogP contribution < -0.4 is 16.4 Å². The van der Waals surface area contributed by atoms with Gasteiger partial charge in [0, 0.05) is 13.0 Å². The molecule has 0 bridgehead atoms. The molecule has 0 unspecified atom stereocenters. The van der Waals surface area contributed by atoms with Gasteiger partial charge in [-0.1, -0.05) is 42.7 Å². The molecule has 0 aromatic heterocycles. The van der Waals surface area contributed by atoms with Gasteiger partial charge in [-0.3, -0.25) is 9.59 Å². The average molecular weight is 317 g/mol. The molecule has 1 aromatic rings. The van der Waals surface area contributed by atoms with E-state index in [1.165, 1.54) is 5.56 Å². The number of hydrogen-bond donors (Lipinski definition) is 3. The zero-order valence-electron chi connectivity index (χ0n) is 13.9. The van der Waals surface area contributed by atoms with Crippen LogP contribution in [0.25, 0.3) is 0 Å². The predicted octanol–water partition coefficient (Wildman–Crippen LogP) is 1.43. The Morgan fingerprint density at radius 3 is 2.39 bits per heavy atom. The highest BCUT2D eigenvalue weighted by Gasteiger charge is 2.33. The van der Waals surface area contributed by atoms with E-state index in [0.717, 1.165) is 31.2 Å². The number of benzene rings is 1. The summed E-state index contributed by atoms with van der Waals surface area (Å²) in [4.78, 5) is 23.9. The molecule has 126 valence electrons. The highest BCUT2D eigenvalue weighted by molar-refractivity contribution is 5.85. The van der Waals surface area contributed by atoms with Crippen LogP contribution in [0.2, 0.25) is 0 Å². The first-order valence-electron chi connectivity index (χ1n) is 8.36. The van der Waals surface area contributed by atoms with Crippen molar-refractivity contribution in [1.82, 2.24) is 10.6 Å². The third-order valence-electron chi connectivity index (χ3n) is 4.56. The molecule has 5 nitrogen and oxygen atoms in total. The number of aryl methyl sites for hydroxylation is 2. The molecule has 4 N–H and O–H groups in total. The third-order valence-corrected chi connectivity index (χ3v) is 4.56. The molecule has 5 heteroatoms. The van der Waals surface area contributed by atoms with Gasteiger partial charge in [0.1, 0.15) is 0 Å². The van der Waals surface area contributed by atoms with Gasteiger partial charge < -0.3 is 16.4 Å². The minimum absolute atomic E-state index is 0.0223. The van der Waals surface area contributed by atoms with Crippen LogP contribution >= 0.6 is 0 Å². The predicted molar refractivity (Wildman–Crippen MR) is 90.9 cm³/mol. The zero-order valence-corrected chi connectivity index (χ0v) is 13.9. The van der Waals surface area contributed by atoms with Gasteiger partial charge in [0.05, 0.1) is 12.1 Å². The molecule has 2 amide bonds. The summed E-state index contributed by atoms with van der Waals surface area (Å²) in [6.07, 6.45) is 5.12. The lowest BCUT2D eigenvalue weighted by atomic mass is 9.98. The van der Waals surface area contributed by atoms with E-state index in [4.69, 9.17) is 5.73 Å². The number of nitrogens with two attached hydrogens (primary N) is 1. The fraction of sp³-hybridized carbons (Fsp3) is 0.556. The molecule has 0 atom stereocenters. The Bertz CT molecular complexity index is 534. The molecule has 1 fully saturated rings. The van der Waals surface area contributed by atoms with E-state index in [0.29, 0.717) is 19.4 Å². The summed E-state index contributed by atoms with van der Waals surface area (Å²) in [5.74, 6) is -0.255. The van der Waals surface area contributed by atoms with E-state index >= 15 is 0 Å². The van der Waals surface area contributed by atoms with Gasteiger partial charge >= 0.3 is 0 Å². The van der Waals surface area contributed by atoms with Crippen molar-refractivity contribution in [2.24, 2.45) is 5.73 Å². The van der Waals surface area contributed by atoms with Crippen LogP contribution in [-0.2, 0) is 16.0 Å². The van der Waals surface area contributed by atoms with Crippen LogP contribution in [0.15, 0.2) is 24.3 Å². The van der Waals surface area contributed by atoms with Crippen molar-refractivity contribution in [3.8, 4) is 0 Å². The first kappa shape index (κ1) is 17.5. The van der Waals surface area contributed by atoms with Gasteiger partial charge in [-0.05, 0) is 31.7 Å². The van der Waals surface area contributed by atoms with Gasteiger partial charge in [0.2, 0.25) is 11.8 Å². The van der Waals surface area contributed by atoms with Crippen molar-refractivity contribution in [3.63, 3.8) is 0 Å². The maximum absolute atomic E-state index is 12.0. The molecule has 0 saturated heterocycles. The highest BCUT2D eigenvalue weighted by Crippen LogP contribution is 2.28. The third kappa shape index (κ3) is 5.36. The Morgan fingerprint density at radius 2 is 1.78 bits per heavy atom. The van der Waals surface area contributed by atoms with Gasteiger partial charge in [-0.15, -0.1) is 0 Å². The van der Waals surface area contributed by atoms with Crippen LogP contribution in [0.4, 0.5) is 0 Å². The molecule has 23 heavy (non-hydrogen) atoms. The summed E-state index contributed by atoms with van der Waals surface area (Å²) in [5, 5.41) is 5.69. The monoisotopic (exact) mass is 317 g/mol. The second kappa shape index (κ2) is 8.11. The van der Waals surface area contributed by atoms with Gasteiger partial charge in [-0.25, -0.2) is 0 Å². The summed E-state index contributed by atoms with van der Waals surface area (Å²) >= 11 is 0. The van der Waals surface area contributed by atoms with E-state index < -0.39 is 0 Å². The van der Waals surface area contributed by atoms with Gasteiger partial charge in [0.15, 0.2) is 0 Å². The van der Waals surface area contributed by atoms with Crippen molar-refractivity contribution >= 4 is 11.8 Å². The van der Waals surface area contributed by atoms with Crippen LogP contribution in [0.3, 0.4) is 0 Å². The molecule has 0 heterocycles. The minimum Gasteiger partial charge on any atom is -0.348 e. The second-order valence-corrected chi connectivity index (χ2v) is 6.50. The first-order valence-corrected chi connectivity index (χ1v) is 8.36. The largest absolute Gasteiger partial charge is 0.348 e. The molecule has 0 spiro atoms. The van der Waals surface area contributed by atoms with Crippen molar-refractivity contribution in [1.29, 1.82) is 0 Å². The molecule has 1 aliphatic rings. The van der Waals surface area contributed by atoms with Crippen LogP contribution in [0.5, 0.6) is 0 Å². The first-order chi connectivity index (χ1) is 11.0. The fourth-order valence-corrected chi connectivity index (χ4v) is 3.05. The van der Waals surface area contributed by atoms with Crippen LogP contribution in [0, 0.1) is 6.92 Å². The maximum atomic E-state index is 12.0. The maximum Gasteiger partial charge on any atom is 0.239 e. The lowest BCUT2D eigenvalue weighted by Crippen LogP contribution is -2.54. The Labute approximate surface area is 138 Å². The molecular formula is C18H27N3O2. The quantitative estimate of drug-likeness (QED) is 0.711. The van der Waals surface area contributed by atoms with E-state index in [1.807, 2.05) is 31.2 Å². The molecule has 0 radical (unpaired) electrons. The fourth-order valence-electron chi connectivity index (χ4n) is 3.05. The molecule has 1 saturated carbocycles. The summed E-state index contributed by atoms with van der Waals surface area (Å²) < 4.78 is 0. The number of hydrogen-bond acceptors (Lipinski definition) is 3. The SMILES string of the molecule is Cc1ccc(CCC(=O)NCC(=O)NC2(CN)CCCC2)cc1. The second-order valence-electron chi connectivity index (χ2n) is 6.50. The van der Waals surface area contributed by atoms with Gasteiger partial charge in [0.25, 0.3) is 0 Å². The zero-order chi connectivity index (χ0) is 16.7.